The molecule has 1 aromatic carbocycles. The number of aliphatic hydroxyl groups excluding tert-OH is 1. The maximum atomic E-state index is 13.0. The topological polar surface area (TPSA) is 29.5 Å². The molecule has 0 unspecified atom stereocenters. The Morgan fingerprint density at radius 3 is 2.77 bits per heavy atom. The van der Waals surface area contributed by atoms with Gasteiger partial charge in [0.2, 0.25) is 0 Å². The van der Waals surface area contributed by atoms with Crippen LogP contribution in [-0.4, -0.2) is 11.7 Å². The Kier molecular flexibility index (Phi) is 3.71. The molecule has 0 spiro atoms. The zero-order chi connectivity index (χ0) is 9.68. The fraction of sp³-hybridized carbons (Fsp3) is 0.400. The highest BCUT2D eigenvalue weighted by Crippen LogP contribution is 2.16. The summed E-state index contributed by atoms with van der Waals surface area (Å²) < 4.78 is 18.3. The number of hydrogen-bond donors (Lipinski definition) is 1. The van der Waals surface area contributed by atoms with Crippen LogP contribution in [0.3, 0.4) is 0 Å². The van der Waals surface area contributed by atoms with Gasteiger partial charge in [0.05, 0.1) is 13.2 Å². The van der Waals surface area contributed by atoms with E-state index in [2.05, 4.69) is 0 Å². The van der Waals surface area contributed by atoms with E-state index in [1.54, 1.807) is 6.07 Å². The SMILES string of the molecule is CCCOc1ccc(CO)c(F)c1. The Morgan fingerprint density at radius 1 is 1.46 bits per heavy atom. The van der Waals surface area contributed by atoms with Crippen molar-refractivity contribution in [3.63, 3.8) is 0 Å². The quantitative estimate of drug-likeness (QED) is 0.776. The zero-order valence-electron chi connectivity index (χ0n) is 7.59. The number of ether oxygens (including phenoxy) is 1. The van der Waals surface area contributed by atoms with Gasteiger partial charge in [-0.3, -0.25) is 0 Å². The minimum Gasteiger partial charge on any atom is -0.494 e. The first-order chi connectivity index (χ1) is 6.27. The second-order valence-corrected chi connectivity index (χ2v) is 2.76. The molecule has 0 aliphatic rings. The summed E-state index contributed by atoms with van der Waals surface area (Å²) in [5, 5.41) is 8.70. The summed E-state index contributed by atoms with van der Waals surface area (Å²) in [5.74, 6) is 0.0904. The van der Waals surface area contributed by atoms with Crippen LogP contribution < -0.4 is 4.74 Å². The lowest BCUT2D eigenvalue weighted by Crippen LogP contribution is -1.97. The third-order valence-electron chi connectivity index (χ3n) is 1.67. The van der Waals surface area contributed by atoms with Crippen molar-refractivity contribution in [2.75, 3.05) is 6.61 Å². The van der Waals surface area contributed by atoms with Crippen LogP contribution in [-0.2, 0) is 6.61 Å². The van der Waals surface area contributed by atoms with Gasteiger partial charge in [-0.25, -0.2) is 4.39 Å². The molecule has 13 heavy (non-hydrogen) atoms. The molecular weight excluding hydrogens is 171 g/mol. The van der Waals surface area contributed by atoms with Crippen LogP contribution in [0.15, 0.2) is 18.2 Å². The number of halogens is 1. The van der Waals surface area contributed by atoms with E-state index in [-0.39, 0.29) is 6.61 Å². The van der Waals surface area contributed by atoms with Gasteiger partial charge in [-0.15, -0.1) is 0 Å². The molecule has 0 atom stereocenters. The molecule has 0 heterocycles. The maximum Gasteiger partial charge on any atom is 0.132 e. The van der Waals surface area contributed by atoms with Crippen LogP contribution in [0.25, 0.3) is 0 Å². The van der Waals surface area contributed by atoms with E-state index >= 15 is 0 Å². The second kappa shape index (κ2) is 4.82. The van der Waals surface area contributed by atoms with Gasteiger partial charge in [-0.1, -0.05) is 13.0 Å². The van der Waals surface area contributed by atoms with Gasteiger partial charge < -0.3 is 9.84 Å². The fourth-order valence-corrected chi connectivity index (χ4v) is 0.966. The predicted molar refractivity (Wildman–Crippen MR) is 48.1 cm³/mol. The first kappa shape index (κ1) is 9.99. The zero-order valence-corrected chi connectivity index (χ0v) is 7.59. The number of benzene rings is 1. The lowest BCUT2D eigenvalue weighted by atomic mass is 10.2. The van der Waals surface area contributed by atoms with E-state index in [0.29, 0.717) is 17.9 Å². The maximum absolute atomic E-state index is 13.0. The molecule has 1 rings (SSSR count). The average molecular weight is 184 g/mol. The standard InChI is InChI=1S/C10H13FO2/c1-2-5-13-9-4-3-8(7-12)10(11)6-9/h3-4,6,12H,2,5,7H2,1H3. The lowest BCUT2D eigenvalue weighted by molar-refractivity contribution is 0.274. The van der Waals surface area contributed by atoms with Crippen molar-refractivity contribution in [1.82, 2.24) is 0 Å². The van der Waals surface area contributed by atoms with Crippen molar-refractivity contribution in [2.45, 2.75) is 20.0 Å². The van der Waals surface area contributed by atoms with Gasteiger partial charge in [0.25, 0.3) is 0 Å². The molecular formula is C10H13FO2. The smallest absolute Gasteiger partial charge is 0.132 e. The van der Waals surface area contributed by atoms with Gasteiger partial charge in [0, 0.05) is 11.6 Å². The fourth-order valence-electron chi connectivity index (χ4n) is 0.966. The Labute approximate surface area is 77.0 Å². The molecule has 0 saturated heterocycles. The Morgan fingerprint density at radius 2 is 2.23 bits per heavy atom. The summed E-state index contributed by atoms with van der Waals surface area (Å²) in [6, 6.07) is 4.48. The number of hydrogen-bond acceptors (Lipinski definition) is 2. The predicted octanol–water partition coefficient (Wildman–Crippen LogP) is 2.11. The summed E-state index contributed by atoms with van der Waals surface area (Å²) in [5.41, 5.74) is 0.295. The summed E-state index contributed by atoms with van der Waals surface area (Å²) >= 11 is 0. The summed E-state index contributed by atoms with van der Waals surface area (Å²) in [6.45, 7) is 2.29. The van der Waals surface area contributed by atoms with Crippen LogP contribution in [0.2, 0.25) is 0 Å². The molecule has 2 nitrogen and oxygen atoms in total. The normalized spacial score (nSPS) is 10.1. The van der Waals surface area contributed by atoms with E-state index in [0.717, 1.165) is 6.42 Å². The molecule has 0 saturated carbocycles. The van der Waals surface area contributed by atoms with Crippen molar-refractivity contribution in [3.05, 3.63) is 29.6 Å². The Balaban J connectivity index is 2.71. The van der Waals surface area contributed by atoms with Crippen molar-refractivity contribution in [2.24, 2.45) is 0 Å². The van der Waals surface area contributed by atoms with Crippen molar-refractivity contribution >= 4 is 0 Å². The van der Waals surface area contributed by atoms with E-state index in [9.17, 15) is 4.39 Å². The average Bonchev–Trinajstić information content (AvgIpc) is 2.15. The van der Waals surface area contributed by atoms with Crippen LogP contribution in [0.4, 0.5) is 4.39 Å². The molecule has 0 aliphatic carbocycles. The van der Waals surface area contributed by atoms with Gasteiger partial charge in [-0.05, 0) is 12.5 Å². The van der Waals surface area contributed by atoms with E-state index in [1.807, 2.05) is 6.92 Å². The first-order valence-electron chi connectivity index (χ1n) is 4.30. The second-order valence-electron chi connectivity index (χ2n) is 2.76. The lowest BCUT2D eigenvalue weighted by Gasteiger charge is -2.05. The molecule has 0 aliphatic heterocycles. The summed E-state index contributed by atoms with van der Waals surface area (Å²) in [4.78, 5) is 0. The van der Waals surface area contributed by atoms with Crippen LogP contribution in [0, 0.1) is 5.82 Å². The van der Waals surface area contributed by atoms with Gasteiger partial charge in [0.15, 0.2) is 0 Å². The van der Waals surface area contributed by atoms with E-state index < -0.39 is 5.82 Å². The number of rotatable bonds is 4. The molecule has 0 amide bonds. The van der Waals surface area contributed by atoms with Gasteiger partial charge in [-0.2, -0.15) is 0 Å². The molecule has 0 bridgehead atoms. The molecule has 72 valence electrons. The van der Waals surface area contributed by atoms with Crippen LogP contribution in [0.1, 0.15) is 18.9 Å². The highest BCUT2D eigenvalue weighted by molar-refractivity contribution is 5.28. The third-order valence-corrected chi connectivity index (χ3v) is 1.67. The van der Waals surface area contributed by atoms with Crippen molar-refractivity contribution in [3.8, 4) is 5.75 Å². The third kappa shape index (κ3) is 2.70. The molecule has 1 aromatic rings. The summed E-state index contributed by atoms with van der Waals surface area (Å²) in [6.07, 6.45) is 0.892. The van der Waals surface area contributed by atoms with E-state index in [4.69, 9.17) is 9.84 Å². The molecule has 0 radical (unpaired) electrons. The molecule has 0 aromatic heterocycles. The first-order valence-corrected chi connectivity index (χ1v) is 4.30. The largest absolute Gasteiger partial charge is 0.494 e. The Bertz CT molecular complexity index is 274. The number of aliphatic hydroxyl groups is 1. The van der Waals surface area contributed by atoms with Crippen LogP contribution >= 0.6 is 0 Å². The van der Waals surface area contributed by atoms with Gasteiger partial charge in [0.1, 0.15) is 11.6 Å². The van der Waals surface area contributed by atoms with Crippen LogP contribution in [0.5, 0.6) is 5.75 Å². The summed E-state index contributed by atoms with van der Waals surface area (Å²) in [7, 11) is 0. The van der Waals surface area contributed by atoms with E-state index in [1.165, 1.54) is 12.1 Å². The Hall–Kier alpha value is -1.09. The minimum atomic E-state index is -0.420. The molecule has 1 N–H and O–H groups in total. The highest BCUT2D eigenvalue weighted by atomic mass is 19.1. The highest BCUT2D eigenvalue weighted by Gasteiger charge is 2.02. The monoisotopic (exact) mass is 184 g/mol. The van der Waals surface area contributed by atoms with Gasteiger partial charge >= 0.3 is 0 Å². The molecule has 0 fully saturated rings. The molecule has 3 heteroatoms. The van der Waals surface area contributed by atoms with Crippen molar-refractivity contribution in [1.29, 1.82) is 0 Å². The minimum absolute atomic E-state index is 0.278. The van der Waals surface area contributed by atoms with Crippen molar-refractivity contribution < 1.29 is 14.2 Å².